The zero-order valence-electron chi connectivity index (χ0n) is 12.3. The Bertz CT molecular complexity index is 424. The first-order chi connectivity index (χ1) is 9.07. The molecule has 0 radical (unpaired) electrons. The fourth-order valence-electron chi connectivity index (χ4n) is 2.51. The van der Waals surface area contributed by atoms with Crippen molar-refractivity contribution in [1.82, 2.24) is 5.32 Å². The molecule has 1 fully saturated rings. The standard InChI is InChI=1S/C13H24FNO4S/c1-13(2,3)19-12(16)15-11(9-20(14,17)18)10-7-5-4-6-8-10/h10-11H,4-9H2,1-3H3,(H,15,16). The number of alkyl carbamates (subject to hydrolysis) is 1. The number of halogens is 1. The molecule has 0 aromatic heterocycles. The van der Waals surface area contributed by atoms with E-state index < -0.39 is 33.7 Å². The SMILES string of the molecule is CC(C)(C)OC(=O)NC(CS(=O)(=O)F)C1CCCCC1. The molecule has 1 saturated carbocycles. The van der Waals surface area contributed by atoms with E-state index in [1.807, 2.05) is 0 Å². The van der Waals surface area contributed by atoms with E-state index in [1.54, 1.807) is 20.8 Å². The quantitative estimate of drug-likeness (QED) is 0.810. The summed E-state index contributed by atoms with van der Waals surface area (Å²) in [7, 11) is -4.63. The second-order valence-corrected chi connectivity index (χ2v) is 7.77. The van der Waals surface area contributed by atoms with Gasteiger partial charge >= 0.3 is 16.3 Å². The van der Waals surface area contributed by atoms with E-state index >= 15 is 0 Å². The number of nitrogens with one attached hydrogen (secondary N) is 1. The van der Waals surface area contributed by atoms with Gasteiger partial charge in [-0.3, -0.25) is 0 Å². The summed E-state index contributed by atoms with van der Waals surface area (Å²) in [6, 6.07) is -0.722. The van der Waals surface area contributed by atoms with Gasteiger partial charge in [0.25, 0.3) is 0 Å². The van der Waals surface area contributed by atoms with Gasteiger partial charge < -0.3 is 10.1 Å². The minimum absolute atomic E-state index is 0.0122. The van der Waals surface area contributed by atoms with E-state index in [1.165, 1.54) is 0 Å². The Morgan fingerprint density at radius 2 is 1.85 bits per heavy atom. The van der Waals surface area contributed by atoms with Crippen LogP contribution in [-0.2, 0) is 15.0 Å². The maximum absolute atomic E-state index is 13.0. The fourth-order valence-corrected chi connectivity index (χ4v) is 3.29. The molecule has 7 heteroatoms. The molecular weight excluding hydrogens is 285 g/mol. The highest BCUT2D eigenvalue weighted by Crippen LogP contribution is 2.27. The molecule has 0 heterocycles. The Kier molecular flexibility index (Phi) is 5.79. The molecule has 0 spiro atoms. The number of ether oxygens (including phenoxy) is 1. The average molecular weight is 309 g/mol. The minimum Gasteiger partial charge on any atom is -0.444 e. The third-order valence-electron chi connectivity index (χ3n) is 3.30. The van der Waals surface area contributed by atoms with Crippen molar-refractivity contribution in [1.29, 1.82) is 0 Å². The average Bonchev–Trinajstić information content (AvgIpc) is 2.25. The van der Waals surface area contributed by atoms with Gasteiger partial charge in [0.1, 0.15) is 11.4 Å². The van der Waals surface area contributed by atoms with Crippen molar-refractivity contribution in [3.8, 4) is 0 Å². The van der Waals surface area contributed by atoms with Gasteiger partial charge in [0.2, 0.25) is 0 Å². The summed E-state index contributed by atoms with van der Waals surface area (Å²) in [6.45, 7) is 5.15. The molecule has 0 saturated heterocycles. The Morgan fingerprint density at radius 3 is 2.30 bits per heavy atom. The Balaban J connectivity index is 2.69. The third-order valence-corrected chi connectivity index (χ3v) is 4.06. The summed E-state index contributed by atoms with van der Waals surface area (Å²) < 4.78 is 39.9. The normalized spacial score (nSPS) is 19.4. The third kappa shape index (κ3) is 7.07. The van der Waals surface area contributed by atoms with E-state index in [9.17, 15) is 17.1 Å². The van der Waals surface area contributed by atoms with Crippen LogP contribution in [0.5, 0.6) is 0 Å². The molecule has 1 N–H and O–H groups in total. The summed E-state index contributed by atoms with van der Waals surface area (Å²) >= 11 is 0. The van der Waals surface area contributed by atoms with Crippen LogP contribution >= 0.6 is 0 Å². The molecule has 1 rings (SSSR count). The Labute approximate surface area is 120 Å². The number of hydrogen-bond acceptors (Lipinski definition) is 4. The molecule has 0 aromatic rings. The molecular formula is C13H24FNO4S. The van der Waals surface area contributed by atoms with E-state index in [2.05, 4.69) is 5.32 Å². The molecule has 1 amide bonds. The molecule has 1 aliphatic rings. The maximum atomic E-state index is 13.0. The van der Waals surface area contributed by atoms with Crippen molar-refractivity contribution in [2.45, 2.75) is 64.5 Å². The minimum atomic E-state index is -4.63. The van der Waals surface area contributed by atoms with E-state index in [0.717, 1.165) is 32.1 Å². The van der Waals surface area contributed by atoms with E-state index in [-0.39, 0.29) is 5.92 Å². The lowest BCUT2D eigenvalue weighted by Gasteiger charge is -2.30. The second-order valence-electron chi connectivity index (χ2n) is 6.36. The topological polar surface area (TPSA) is 72.5 Å². The first-order valence-electron chi connectivity index (χ1n) is 6.99. The van der Waals surface area contributed by atoms with Crippen LogP contribution in [0.25, 0.3) is 0 Å². The summed E-state index contributed by atoms with van der Waals surface area (Å²) in [5.74, 6) is -0.696. The fraction of sp³-hybridized carbons (Fsp3) is 0.923. The zero-order chi connectivity index (χ0) is 15.4. The van der Waals surface area contributed by atoms with E-state index in [4.69, 9.17) is 4.74 Å². The highest BCUT2D eigenvalue weighted by molar-refractivity contribution is 7.86. The molecule has 5 nitrogen and oxygen atoms in total. The van der Waals surface area contributed by atoms with Gasteiger partial charge in [-0.05, 0) is 39.5 Å². The van der Waals surface area contributed by atoms with Gasteiger partial charge in [-0.1, -0.05) is 19.3 Å². The lowest BCUT2D eigenvalue weighted by atomic mass is 9.84. The van der Waals surface area contributed by atoms with Crippen LogP contribution < -0.4 is 5.32 Å². The van der Waals surface area contributed by atoms with Crippen LogP contribution in [0.2, 0.25) is 0 Å². The lowest BCUT2D eigenvalue weighted by molar-refractivity contribution is 0.0485. The van der Waals surface area contributed by atoms with Crippen molar-refractivity contribution in [3.63, 3.8) is 0 Å². The lowest BCUT2D eigenvalue weighted by Crippen LogP contribution is -2.46. The molecule has 118 valence electrons. The molecule has 1 unspecified atom stereocenters. The van der Waals surface area contributed by atoms with Crippen molar-refractivity contribution in [3.05, 3.63) is 0 Å². The van der Waals surface area contributed by atoms with Gasteiger partial charge in [0.15, 0.2) is 0 Å². The largest absolute Gasteiger partial charge is 0.444 e. The van der Waals surface area contributed by atoms with Crippen molar-refractivity contribution >= 4 is 16.3 Å². The van der Waals surface area contributed by atoms with Gasteiger partial charge in [-0.15, -0.1) is 3.89 Å². The number of amides is 1. The maximum Gasteiger partial charge on any atom is 0.407 e. The van der Waals surface area contributed by atoms with Crippen LogP contribution in [0, 0.1) is 5.92 Å². The van der Waals surface area contributed by atoms with Crippen LogP contribution in [0.3, 0.4) is 0 Å². The smallest absolute Gasteiger partial charge is 0.407 e. The zero-order valence-corrected chi connectivity index (χ0v) is 13.1. The Hall–Kier alpha value is -0.850. The van der Waals surface area contributed by atoms with Gasteiger partial charge in [-0.2, -0.15) is 8.42 Å². The van der Waals surface area contributed by atoms with Crippen molar-refractivity contribution in [2.75, 3.05) is 5.75 Å². The summed E-state index contributed by atoms with van der Waals surface area (Å²) in [4.78, 5) is 11.7. The van der Waals surface area contributed by atoms with Crippen molar-refractivity contribution < 1.29 is 21.8 Å². The first kappa shape index (κ1) is 17.2. The van der Waals surface area contributed by atoms with Crippen LogP contribution in [-0.4, -0.2) is 31.9 Å². The monoisotopic (exact) mass is 309 g/mol. The van der Waals surface area contributed by atoms with Gasteiger partial charge in [0, 0.05) is 0 Å². The highest BCUT2D eigenvalue weighted by Gasteiger charge is 2.30. The van der Waals surface area contributed by atoms with Gasteiger partial charge in [-0.25, -0.2) is 4.79 Å². The van der Waals surface area contributed by atoms with Crippen LogP contribution in [0.15, 0.2) is 0 Å². The number of hydrogen-bond donors (Lipinski definition) is 1. The number of carbonyl (C=O) groups is 1. The predicted molar refractivity (Wildman–Crippen MR) is 74.6 cm³/mol. The van der Waals surface area contributed by atoms with Gasteiger partial charge in [0.05, 0.1) is 6.04 Å². The van der Waals surface area contributed by atoms with Crippen molar-refractivity contribution in [2.24, 2.45) is 5.92 Å². The summed E-state index contributed by atoms with van der Waals surface area (Å²) in [6.07, 6.45) is 3.95. The van der Waals surface area contributed by atoms with Crippen LogP contribution in [0.4, 0.5) is 8.68 Å². The first-order valence-corrected chi connectivity index (χ1v) is 8.54. The second kappa shape index (κ2) is 6.74. The Morgan fingerprint density at radius 1 is 1.30 bits per heavy atom. The molecule has 20 heavy (non-hydrogen) atoms. The summed E-state index contributed by atoms with van der Waals surface area (Å²) in [5, 5.41) is 2.52. The molecule has 0 aromatic carbocycles. The van der Waals surface area contributed by atoms with E-state index in [0.29, 0.717) is 0 Å². The molecule has 0 bridgehead atoms. The highest BCUT2D eigenvalue weighted by atomic mass is 32.3. The summed E-state index contributed by atoms with van der Waals surface area (Å²) in [5.41, 5.74) is -0.671. The van der Waals surface area contributed by atoms with Crippen LogP contribution in [0.1, 0.15) is 52.9 Å². The predicted octanol–water partition coefficient (Wildman–Crippen LogP) is 2.76. The molecule has 0 aliphatic heterocycles. The number of rotatable bonds is 4. The molecule has 1 atom stereocenters. The number of carbonyl (C=O) groups excluding carboxylic acids is 1. The molecule has 1 aliphatic carbocycles.